The SMILES string of the molecule is CCCCCCCC/C=C\CCCCCCCC(=O)O[C@H](COC(=O)CCC/C=C\C[C@H]1C(=O)C[C@@H](O)[C@@H]1/C=C/[C@@H](O)CCCCC)COP(=O)(O)OC[C@@H](O)CO. The van der Waals surface area contributed by atoms with E-state index >= 15 is 0 Å². The summed E-state index contributed by atoms with van der Waals surface area (Å²) < 4.78 is 32.6. The molecule has 0 amide bonds. The number of hydrogen-bond acceptors (Lipinski definition) is 12. The highest BCUT2D eigenvalue weighted by molar-refractivity contribution is 7.47. The third kappa shape index (κ3) is 28.3. The first-order valence-corrected chi connectivity index (χ1v) is 23.5. The quantitative estimate of drug-likeness (QED) is 0.0174. The summed E-state index contributed by atoms with van der Waals surface area (Å²) in [5, 5.41) is 39.0. The summed E-state index contributed by atoms with van der Waals surface area (Å²) in [7, 11) is -4.69. The molecule has 5 N–H and O–H groups in total. The Hall–Kier alpha value is -2.22. The number of Topliss-reactive ketones (excluding diaryl/α,β-unsaturated/α-hetero) is 1. The van der Waals surface area contributed by atoms with E-state index in [2.05, 4.69) is 30.5 Å². The molecule has 0 aromatic heterocycles. The number of ether oxygens (including phenoxy) is 2. The molecule has 0 radical (unpaired) electrons. The van der Waals surface area contributed by atoms with Gasteiger partial charge in [-0.25, -0.2) is 4.57 Å². The van der Waals surface area contributed by atoms with E-state index in [0.29, 0.717) is 32.1 Å². The molecule has 58 heavy (non-hydrogen) atoms. The lowest BCUT2D eigenvalue weighted by Gasteiger charge is -2.20. The molecule has 1 rings (SSSR count). The zero-order chi connectivity index (χ0) is 42.9. The first-order valence-electron chi connectivity index (χ1n) is 22.0. The van der Waals surface area contributed by atoms with E-state index in [4.69, 9.17) is 19.1 Å². The van der Waals surface area contributed by atoms with Crippen molar-refractivity contribution in [1.82, 2.24) is 0 Å². The largest absolute Gasteiger partial charge is 0.472 e. The van der Waals surface area contributed by atoms with Crippen molar-refractivity contribution in [3.63, 3.8) is 0 Å². The molecular weight excluding hydrogens is 767 g/mol. The summed E-state index contributed by atoms with van der Waals surface area (Å²) in [5.41, 5.74) is 0. The predicted molar refractivity (Wildman–Crippen MR) is 225 cm³/mol. The van der Waals surface area contributed by atoms with Gasteiger partial charge >= 0.3 is 19.8 Å². The van der Waals surface area contributed by atoms with Crippen LogP contribution >= 0.6 is 7.82 Å². The van der Waals surface area contributed by atoms with Crippen LogP contribution in [0.5, 0.6) is 0 Å². The molecule has 1 aliphatic carbocycles. The Morgan fingerprint density at radius 2 is 1.33 bits per heavy atom. The van der Waals surface area contributed by atoms with Crippen LogP contribution in [0.3, 0.4) is 0 Å². The zero-order valence-electron chi connectivity index (χ0n) is 35.5. The van der Waals surface area contributed by atoms with Gasteiger partial charge in [-0.05, 0) is 57.8 Å². The fourth-order valence-electron chi connectivity index (χ4n) is 6.62. The molecule has 14 heteroatoms. The van der Waals surface area contributed by atoms with Crippen LogP contribution in [0.4, 0.5) is 0 Å². The Balaban J connectivity index is 2.48. The summed E-state index contributed by atoms with van der Waals surface area (Å²) in [6, 6.07) is 0. The molecule has 0 bridgehead atoms. The van der Waals surface area contributed by atoms with Crippen molar-refractivity contribution < 1.29 is 62.8 Å². The van der Waals surface area contributed by atoms with Crippen LogP contribution in [0.25, 0.3) is 0 Å². The second kappa shape index (κ2) is 34.5. The molecule has 0 aromatic rings. The number of ketones is 1. The Kier molecular flexibility index (Phi) is 32.0. The maximum absolute atomic E-state index is 12.6. The molecule has 7 atom stereocenters. The molecule has 0 saturated heterocycles. The highest BCUT2D eigenvalue weighted by Crippen LogP contribution is 2.43. The van der Waals surface area contributed by atoms with E-state index < -0.39 is 70.6 Å². The van der Waals surface area contributed by atoms with Crippen molar-refractivity contribution in [3.8, 4) is 0 Å². The van der Waals surface area contributed by atoms with Crippen molar-refractivity contribution in [2.75, 3.05) is 26.4 Å². The second-order valence-electron chi connectivity index (χ2n) is 15.5. The first-order chi connectivity index (χ1) is 27.9. The number of allylic oxidation sites excluding steroid dienone is 4. The van der Waals surface area contributed by atoms with Gasteiger partial charge in [0.1, 0.15) is 18.5 Å². The van der Waals surface area contributed by atoms with Crippen LogP contribution < -0.4 is 0 Å². The number of esters is 2. The van der Waals surface area contributed by atoms with Gasteiger partial charge in [-0.15, -0.1) is 0 Å². The number of hydrogen-bond donors (Lipinski definition) is 5. The van der Waals surface area contributed by atoms with E-state index in [0.717, 1.165) is 57.8 Å². The van der Waals surface area contributed by atoms with Gasteiger partial charge in [0, 0.05) is 31.1 Å². The molecule has 0 aliphatic heterocycles. The molecular formula is C44H77O13P. The van der Waals surface area contributed by atoms with Gasteiger partial charge in [0.15, 0.2) is 6.10 Å². The number of unbranched alkanes of at least 4 members (excludes halogenated alkanes) is 14. The number of aliphatic hydroxyl groups excluding tert-OH is 4. The number of aliphatic hydroxyl groups is 4. The van der Waals surface area contributed by atoms with Crippen molar-refractivity contribution in [1.29, 1.82) is 0 Å². The average molecular weight is 845 g/mol. The third-order valence-corrected chi connectivity index (χ3v) is 11.1. The summed E-state index contributed by atoms with van der Waals surface area (Å²) in [4.78, 5) is 47.7. The fraction of sp³-hybridized carbons (Fsp3) is 0.795. The lowest BCUT2D eigenvalue weighted by molar-refractivity contribution is -0.161. The lowest BCUT2D eigenvalue weighted by Crippen LogP contribution is -2.29. The molecule has 13 nitrogen and oxygen atoms in total. The molecule has 0 heterocycles. The topological polar surface area (TPSA) is 206 Å². The number of carbonyl (C=O) groups excluding carboxylic acids is 3. The minimum Gasteiger partial charge on any atom is -0.462 e. The van der Waals surface area contributed by atoms with Crippen molar-refractivity contribution in [2.45, 2.75) is 186 Å². The van der Waals surface area contributed by atoms with Gasteiger partial charge < -0.3 is 34.8 Å². The van der Waals surface area contributed by atoms with Crippen LogP contribution in [-0.4, -0.2) is 93.9 Å². The van der Waals surface area contributed by atoms with Gasteiger partial charge in [-0.3, -0.25) is 23.4 Å². The highest BCUT2D eigenvalue weighted by atomic mass is 31.2. The van der Waals surface area contributed by atoms with E-state index in [1.54, 1.807) is 12.2 Å². The zero-order valence-corrected chi connectivity index (χ0v) is 36.4. The van der Waals surface area contributed by atoms with E-state index in [1.807, 2.05) is 12.2 Å². The van der Waals surface area contributed by atoms with Crippen molar-refractivity contribution in [3.05, 3.63) is 36.5 Å². The summed E-state index contributed by atoms with van der Waals surface area (Å²) in [6.45, 7) is 1.95. The van der Waals surface area contributed by atoms with Crippen molar-refractivity contribution >= 4 is 25.5 Å². The molecule has 1 unspecified atom stereocenters. The van der Waals surface area contributed by atoms with Gasteiger partial charge in [-0.1, -0.05) is 121 Å². The van der Waals surface area contributed by atoms with Crippen LogP contribution in [0.1, 0.15) is 162 Å². The average Bonchev–Trinajstić information content (AvgIpc) is 3.47. The Morgan fingerprint density at radius 3 is 2.00 bits per heavy atom. The van der Waals surface area contributed by atoms with Crippen LogP contribution in [0.2, 0.25) is 0 Å². The fourth-order valence-corrected chi connectivity index (χ4v) is 7.40. The Labute approximate surface area is 348 Å². The van der Waals surface area contributed by atoms with Crippen LogP contribution in [-0.2, 0) is 37.5 Å². The molecule has 1 aliphatic rings. The Bertz CT molecular complexity index is 1220. The predicted octanol–water partition coefficient (Wildman–Crippen LogP) is 8.15. The maximum Gasteiger partial charge on any atom is 0.472 e. The molecule has 1 fully saturated rings. The molecule has 336 valence electrons. The third-order valence-electron chi connectivity index (χ3n) is 10.1. The van der Waals surface area contributed by atoms with Crippen LogP contribution in [0.15, 0.2) is 36.5 Å². The van der Waals surface area contributed by atoms with E-state index in [1.165, 1.54) is 38.5 Å². The lowest BCUT2D eigenvalue weighted by atomic mass is 9.90. The maximum atomic E-state index is 12.6. The summed E-state index contributed by atoms with van der Waals surface area (Å²) >= 11 is 0. The van der Waals surface area contributed by atoms with Gasteiger partial charge in [-0.2, -0.15) is 0 Å². The molecule has 0 spiro atoms. The monoisotopic (exact) mass is 845 g/mol. The summed E-state index contributed by atoms with van der Waals surface area (Å²) in [5.74, 6) is -1.90. The summed E-state index contributed by atoms with van der Waals surface area (Å²) in [6.07, 6.45) is 27.6. The Morgan fingerprint density at radius 1 is 0.759 bits per heavy atom. The number of phosphoric ester groups is 1. The van der Waals surface area contributed by atoms with Crippen LogP contribution in [0, 0.1) is 11.8 Å². The first kappa shape index (κ1) is 53.8. The number of rotatable bonds is 37. The highest BCUT2D eigenvalue weighted by Gasteiger charge is 2.39. The number of carbonyl (C=O) groups is 3. The minimum absolute atomic E-state index is 0.0189. The minimum atomic E-state index is -4.69. The van der Waals surface area contributed by atoms with Crippen molar-refractivity contribution in [2.24, 2.45) is 11.8 Å². The van der Waals surface area contributed by atoms with Gasteiger partial charge in [0.05, 0.1) is 32.0 Å². The molecule has 1 saturated carbocycles. The second-order valence-corrected chi connectivity index (χ2v) is 16.9. The van der Waals surface area contributed by atoms with Gasteiger partial charge in [0.2, 0.25) is 0 Å². The normalized spacial score (nSPS) is 19.9. The standard InChI is InChI=1S/C44H77O13P/c1-3-5-7-8-9-10-11-12-13-14-15-16-17-18-24-28-44(51)57-38(35-56-58(52,53)55-33-37(47)32-45)34-54-43(50)27-23-20-19-22-26-39-40(42(49)31-41(39)48)30-29-36(46)25-21-6-4-2/h12-13,19,22,29-30,36-40,42,45-47,49H,3-11,14-18,20-21,23-28,31-35H2,1-2H3,(H,52,53)/b13-12-,22-19-,30-29+/t36-,37-,38+,39+,40+,42+/m0/s1. The van der Waals surface area contributed by atoms with E-state index in [-0.39, 0.29) is 36.9 Å². The smallest absolute Gasteiger partial charge is 0.462 e. The van der Waals surface area contributed by atoms with E-state index in [9.17, 15) is 39.2 Å². The number of phosphoric acid groups is 1. The molecule has 0 aromatic carbocycles. The van der Waals surface area contributed by atoms with Gasteiger partial charge in [0.25, 0.3) is 0 Å².